The quantitative estimate of drug-likeness (QED) is 0.293. The van der Waals surface area contributed by atoms with Gasteiger partial charge in [-0.05, 0) is 57.2 Å². The molecule has 2 aromatic heterocycles. The van der Waals surface area contributed by atoms with Crippen molar-refractivity contribution in [1.82, 2.24) is 14.9 Å². The summed E-state index contributed by atoms with van der Waals surface area (Å²) in [4.78, 5) is 26.6. The molecule has 1 amide bonds. The summed E-state index contributed by atoms with van der Waals surface area (Å²) < 4.78 is 20.6. The van der Waals surface area contributed by atoms with Gasteiger partial charge >= 0.3 is 5.97 Å². The third kappa shape index (κ3) is 5.03. The maximum Gasteiger partial charge on any atom is 0.341 e. The number of esters is 1. The Bertz CT molecular complexity index is 1190. The van der Waals surface area contributed by atoms with Crippen molar-refractivity contribution >= 4 is 40.0 Å². The SMILES string of the molecule is CC(C)OC(=O)c1c(NC(=O)CSc2nnc(-c3ccccc3F)n2N)sc2c1CCCC2. The first kappa shape index (κ1) is 23.2. The van der Waals surface area contributed by atoms with Gasteiger partial charge in [0.25, 0.3) is 0 Å². The average Bonchev–Trinajstić information content (AvgIpc) is 3.32. The van der Waals surface area contributed by atoms with Crippen LogP contribution in [0.2, 0.25) is 0 Å². The summed E-state index contributed by atoms with van der Waals surface area (Å²) in [6, 6.07) is 6.12. The molecule has 0 radical (unpaired) electrons. The Morgan fingerprint density at radius 2 is 2.03 bits per heavy atom. The predicted octanol–water partition coefficient (Wildman–Crippen LogP) is 4.03. The number of fused-ring (bicyclic) bond motifs is 1. The Morgan fingerprint density at radius 1 is 1.27 bits per heavy atom. The first-order valence-corrected chi connectivity index (χ1v) is 12.4. The number of rotatable bonds is 7. The number of anilines is 1. The second-order valence-electron chi connectivity index (χ2n) is 7.86. The van der Waals surface area contributed by atoms with Crippen molar-refractivity contribution < 1.29 is 18.7 Å². The first-order chi connectivity index (χ1) is 15.8. The minimum atomic E-state index is -0.464. The second-order valence-corrected chi connectivity index (χ2v) is 9.91. The molecule has 33 heavy (non-hydrogen) atoms. The Kier molecular flexibility index (Phi) is 6.99. The number of nitrogens with two attached hydrogens (primary N) is 1. The number of nitrogens with zero attached hydrogens (tertiary/aromatic N) is 3. The van der Waals surface area contributed by atoms with Gasteiger partial charge in [0.2, 0.25) is 11.1 Å². The van der Waals surface area contributed by atoms with E-state index in [1.165, 1.54) is 17.4 Å². The van der Waals surface area contributed by atoms with E-state index in [9.17, 15) is 14.0 Å². The Hall–Kier alpha value is -2.92. The molecule has 0 aliphatic heterocycles. The lowest BCUT2D eigenvalue weighted by Gasteiger charge is -2.14. The summed E-state index contributed by atoms with van der Waals surface area (Å²) >= 11 is 2.51. The molecule has 0 unspecified atom stereocenters. The lowest BCUT2D eigenvalue weighted by molar-refractivity contribution is -0.113. The molecule has 0 spiro atoms. The molecule has 1 aliphatic carbocycles. The normalized spacial score (nSPS) is 13.1. The van der Waals surface area contributed by atoms with Gasteiger partial charge in [-0.15, -0.1) is 21.5 Å². The van der Waals surface area contributed by atoms with Gasteiger partial charge in [0.15, 0.2) is 5.82 Å². The van der Waals surface area contributed by atoms with E-state index in [0.29, 0.717) is 10.6 Å². The van der Waals surface area contributed by atoms with Crippen LogP contribution in [-0.4, -0.2) is 38.6 Å². The van der Waals surface area contributed by atoms with Crippen molar-refractivity contribution in [3.63, 3.8) is 0 Å². The molecule has 1 aromatic carbocycles. The topological polar surface area (TPSA) is 112 Å². The second kappa shape index (κ2) is 9.92. The molecule has 0 saturated carbocycles. The molecule has 3 N–H and O–H groups in total. The smallest absolute Gasteiger partial charge is 0.341 e. The number of hydrogen-bond acceptors (Lipinski definition) is 8. The number of thioether (sulfide) groups is 1. The van der Waals surface area contributed by atoms with E-state index in [4.69, 9.17) is 10.6 Å². The Labute approximate surface area is 198 Å². The fraction of sp³-hybridized carbons (Fsp3) is 0.364. The third-order valence-electron chi connectivity index (χ3n) is 5.08. The lowest BCUT2D eigenvalue weighted by Crippen LogP contribution is -2.19. The number of carbonyl (C=O) groups excluding carboxylic acids is 2. The summed E-state index contributed by atoms with van der Waals surface area (Å²) in [5.74, 6) is 5.00. The molecule has 3 aromatic rings. The number of aromatic nitrogens is 3. The number of ether oxygens (including phenoxy) is 1. The summed E-state index contributed by atoms with van der Waals surface area (Å²) in [6.45, 7) is 3.59. The average molecular weight is 490 g/mol. The van der Waals surface area contributed by atoms with Gasteiger partial charge < -0.3 is 15.9 Å². The van der Waals surface area contributed by atoms with E-state index < -0.39 is 11.8 Å². The van der Waals surface area contributed by atoms with Crippen LogP contribution >= 0.6 is 23.1 Å². The number of nitrogens with one attached hydrogen (secondary N) is 1. The number of amides is 1. The number of thiophene rings is 1. The monoisotopic (exact) mass is 489 g/mol. The van der Waals surface area contributed by atoms with Gasteiger partial charge in [-0.25, -0.2) is 13.9 Å². The standard InChI is InChI=1S/C22H24FN5O3S2/c1-12(2)31-21(30)18-14-8-4-6-10-16(14)33-20(18)25-17(29)11-32-22-27-26-19(28(22)24)13-7-3-5-9-15(13)23/h3,5,7,9,12H,4,6,8,10-11,24H2,1-2H3,(H,25,29). The minimum Gasteiger partial charge on any atom is -0.459 e. The summed E-state index contributed by atoms with van der Waals surface area (Å²) in [5.41, 5.74) is 1.67. The number of nitrogen functional groups attached to an aromatic ring is 1. The molecular formula is C22H24FN5O3S2. The summed E-state index contributed by atoms with van der Waals surface area (Å²) in [6.07, 6.45) is 3.50. The Morgan fingerprint density at radius 3 is 2.79 bits per heavy atom. The van der Waals surface area contributed by atoms with Crippen molar-refractivity contribution in [1.29, 1.82) is 0 Å². The van der Waals surface area contributed by atoms with E-state index in [0.717, 1.165) is 52.6 Å². The van der Waals surface area contributed by atoms with Crippen LogP contribution in [0.1, 0.15) is 47.5 Å². The highest BCUT2D eigenvalue weighted by Crippen LogP contribution is 2.39. The minimum absolute atomic E-state index is 0.00611. The fourth-order valence-electron chi connectivity index (χ4n) is 3.64. The molecule has 0 fully saturated rings. The molecule has 0 atom stereocenters. The molecule has 4 rings (SSSR count). The van der Waals surface area contributed by atoms with Crippen molar-refractivity contribution in [2.45, 2.75) is 50.8 Å². The van der Waals surface area contributed by atoms with Crippen molar-refractivity contribution in [2.75, 3.05) is 16.9 Å². The first-order valence-electron chi connectivity index (χ1n) is 10.6. The third-order valence-corrected chi connectivity index (χ3v) is 7.23. The molecular weight excluding hydrogens is 465 g/mol. The highest BCUT2D eigenvalue weighted by atomic mass is 32.2. The van der Waals surface area contributed by atoms with Gasteiger partial charge in [-0.2, -0.15) is 0 Å². The van der Waals surface area contributed by atoms with E-state index in [1.54, 1.807) is 32.0 Å². The van der Waals surface area contributed by atoms with Crippen LogP contribution < -0.4 is 11.2 Å². The number of hydrogen-bond donors (Lipinski definition) is 2. The van der Waals surface area contributed by atoms with Crippen molar-refractivity contribution in [3.8, 4) is 11.4 Å². The van der Waals surface area contributed by atoms with Crippen LogP contribution in [0.5, 0.6) is 0 Å². The zero-order valence-electron chi connectivity index (χ0n) is 18.3. The molecule has 8 nitrogen and oxygen atoms in total. The molecule has 0 saturated heterocycles. The molecule has 0 bridgehead atoms. The van der Waals surface area contributed by atoms with Gasteiger partial charge in [0, 0.05) is 4.88 Å². The number of carbonyl (C=O) groups is 2. The van der Waals surface area contributed by atoms with Crippen LogP contribution in [0.25, 0.3) is 11.4 Å². The lowest BCUT2D eigenvalue weighted by atomic mass is 9.95. The summed E-state index contributed by atoms with van der Waals surface area (Å²) in [7, 11) is 0. The Balaban J connectivity index is 1.47. The molecule has 2 heterocycles. The van der Waals surface area contributed by atoms with E-state index >= 15 is 0 Å². The van der Waals surface area contributed by atoms with E-state index in [-0.39, 0.29) is 34.3 Å². The highest BCUT2D eigenvalue weighted by molar-refractivity contribution is 7.99. The van der Waals surface area contributed by atoms with Crippen molar-refractivity contribution in [3.05, 3.63) is 46.1 Å². The van der Waals surface area contributed by atoms with Gasteiger partial charge in [0.1, 0.15) is 10.8 Å². The van der Waals surface area contributed by atoms with Crippen LogP contribution in [0.15, 0.2) is 29.4 Å². The van der Waals surface area contributed by atoms with Crippen LogP contribution in [0, 0.1) is 5.82 Å². The van der Waals surface area contributed by atoms with Gasteiger partial charge in [-0.3, -0.25) is 4.79 Å². The zero-order chi connectivity index (χ0) is 23.5. The number of halogens is 1. The summed E-state index contributed by atoms with van der Waals surface area (Å²) in [5, 5.41) is 11.6. The largest absolute Gasteiger partial charge is 0.459 e. The van der Waals surface area contributed by atoms with Crippen LogP contribution in [0.3, 0.4) is 0 Å². The molecule has 174 valence electrons. The number of benzene rings is 1. The predicted molar refractivity (Wildman–Crippen MR) is 126 cm³/mol. The zero-order valence-corrected chi connectivity index (χ0v) is 19.9. The highest BCUT2D eigenvalue weighted by Gasteiger charge is 2.28. The number of aryl methyl sites for hydroxylation is 1. The maximum atomic E-state index is 14.1. The van der Waals surface area contributed by atoms with E-state index in [1.807, 2.05) is 0 Å². The fourth-order valence-corrected chi connectivity index (χ4v) is 5.59. The molecule has 1 aliphatic rings. The van der Waals surface area contributed by atoms with Crippen LogP contribution in [-0.2, 0) is 22.4 Å². The van der Waals surface area contributed by atoms with Crippen LogP contribution in [0.4, 0.5) is 9.39 Å². The molecule has 11 heteroatoms. The van der Waals surface area contributed by atoms with E-state index in [2.05, 4.69) is 15.5 Å². The van der Waals surface area contributed by atoms with Gasteiger partial charge in [0.05, 0.1) is 23.0 Å². The van der Waals surface area contributed by atoms with Crippen molar-refractivity contribution in [2.24, 2.45) is 0 Å². The maximum absolute atomic E-state index is 14.1. The van der Waals surface area contributed by atoms with Gasteiger partial charge in [-0.1, -0.05) is 23.9 Å².